The molecule has 1 aliphatic heterocycles. The molecular weight excluding hydrogens is 360 g/mol. The fourth-order valence-corrected chi connectivity index (χ4v) is 3.32. The molecule has 1 aromatic carbocycles. The van der Waals surface area contributed by atoms with Crippen molar-refractivity contribution < 1.29 is 19.5 Å². The van der Waals surface area contributed by atoms with Crippen molar-refractivity contribution in [3.63, 3.8) is 0 Å². The van der Waals surface area contributed by atoms with Gasteiger partial charge in [0.2, 0.25) is 5.91 Å². The summed E-state index contributed by atoms with van der Waals surface area (Å²) in [5, 5.41) is 15.9. The molecule has 0 radical (unpaired) electrons. The predicted octanol–water partition coefficient (Wildman–Crippen LogP) is 1.33. The molecule has 1 aliphatic rings. The largest absolute Gasteiger partial charge is 0.478 e. The third-order valence-electron chi connectivity index (χ3n) is 5.04. The summed E-state index contributed by atoms with van der Waals surface area (Å²) >= 11 is 0. The van der Waals surface area contributed by atoms with Gasteiger partial charge in [-0.25, -0.2) is 4.79 Å². The maximum absolute atomic E-state index is 12.5. The first-order valence-corrected chi connectivity index (χ1v) is 9.29. The molecule has 8 heteroatoms. The molecule has 2 N–H and O–H groups in total. The number of nitrogens with zero attached hydrogens (tertiary/aromatic N) is 3. The van der Waals surface area contributed by atoms with Crippen molar-refractivity contribution in [1.82, 2.24) is 20.0 Å². The second kappa shape index (κ2) is 8.69. The fraction of sp³-hybridized carbons (Fsp3) is 0.400. The van der Waals surface area contributed by atoms with E-state index in [-0.39, 0.29) is 23.8 Å². The number of carbonyl (C=O) groups is 3. The van der Waals surface area contributed by atoms with Gasteiger partial charge in [-0.2, -0.15) is 5.10 Å². The summed E-state index contributed by atoms with van der Waals surface area (Å²) in [6.07, 6.45) is 5.18. The van der Waals surface area contributed by atoms with Crippen molar-refractivity contribution in [3.8, 4) is 0 Å². The van der Waals surface area contributed by atoms with E-state index in [1.807, 2.05) is 4.90 Å². The lowest BCUT2D eigenvalue weighted by Gasteiger charge is -2.32. The van der Waals surface area contributed by atoms with Crippen LogP contribution in [0.5, 0.6) is 0 Å². The van der Waals surface area contributed by atoms with Crippen molar-refractivity contribution in [3.05, 3.63) is 53.3 Å². The monoisotopic (exact) mass is 384 g/mol. The second-order valence-electron chi connectivity index (χ2n) is 7.12. The van der Waals surface area contributed by atoms with E-state index in [0.29, 0.717) is 31.1 Å². The van der Waals surface area contributed by atoms with Crippen molar-refractivity contribution in [1.29, 1.82) is 0 Å². The van der Waals surface area contributed by atoms with Crippen molar-refractivity contribution >= 4 is 17.8 Å². The number of aromatic carboxylic acids is 1. The van der Waals surface area contributed by atoms with Gasteiger partial charge in [-0.15, -0.1) is 0 Å². The normalized spacial score (nSPS) is 14.7. The minimum Gasteiger partial charge on any atom is -0.478 e. The standard InChI is InChI=1S/C20H24N4O4/c1-23-13-17(12-22-23)19(26)21-11-15-6-8-24(9-7-15)18(25)10-14-2-4-16(5-3-14)20(27)28/h2-5,12-13,15H,6-11H2,1H3,(H,21,26)(H,27,28). The van der Waals surface area contributed by atoms with Gasteiger partial charge in [0.1, 0.15) is 0 Å². The average molecular weight is 384 g/mol. The topological polar surface area (TPSA) is 105 Å². The Balaban J connectivity index is 1.42. The van der Waals surface area contributed by atoms with Gasteiger partial charge in [0.15, 0.2) is 0 Å². The summed E-state index contributed by atoms with van der Waals surface area (Å²) in [6.45, 7) is 1.92. The number of hydrogen-bond donors (Lipinski definition) is 2. The van der Waals surface area contributed by atoms with Gasteiger partial charge in [-0.3, -0.25) is 14.3 Å². The van der Waals surface area contributed by atoms with E-state index in [0.717, 1.165) is 18.4 Å². The van der Waals surface area contributed by atoms with Crippen LogP contribution in [-0.4, -0.2) is 57.2 Å². The zero-order valence-electron chi connectivity index (χ0n) is 15.8. The van der Waals surface area contributed by atoms with Crippen LogP contribution in [0.25, 0.3) is 0 Å². The van der Waals surface area contributed by atoms with E-state index in [1.165, 1.54) is 12.1 Å². The molecule has 1 aromatic heterocycles. The van der Waals surface area contributed by atoms with Gasteiger partial charge >= 0.3 is 5.97 Å². The maximum atomic E-state index is 12.5. The Hall–Kier alpha value is -3.16. The van der Waals surface area contributed by atoms with Crippen LogP contribution < -0.4 is 5.32 Å². The smallest absolute Gasteiger partial charge is 0.335 e. The Morgan fingerprint density at radius 1 is 1.14 bits per heavy atom. The first kappa shape index (κ1) is 19.6. The highest BCUT2D eigenvalue weighted by Gasteiger charge is 2.23. The Morgan fingerprint density at radius 2 is 1.82 bits per heavy atom. The number of carboxylic acid groups (broad SMARTS) is 1. The number of carbonyl (C=O) groups excluding carboxylic acids is 2. The summed E-state index contributed by atoms with van der Waals surface area (Å²) < 4.78 is 1.59. The Kier molecular flexibility index (Phi) is 6.08. The molecule has 0 aliphatic carbocycles. The molecule has 0 spiro atoms. The van der Waals surface area contributed by atoms with Crippen LogP contribution in [0, 0.1) is 5.92 Å². The third-order valence-corrected chi connectivity index (χ3v) is 5.04. The zero-order chi connectivity index (χ0) is 20.1. The summed E-state index contributed by atoms with van der Waals surface area (Å²) in [5.41, 5.74) is 1.57. The highest BCUT2D eigenvalue weighted by molar-refractivity contribution is 5.93. The van der Waals surface area contributed by atoms with Crippen LogP contribution in [0.15, 0.2) is 36.7 Å². The van der Waals surface area contributed by atoms with Crippen LogP contribution in [0.3, 0.4) is 0 Å². The van der Waals surface area contributed by atoms with E-state index < -0.39 is 5.97 Å². The number of amides is 2. The van der Waals surface area contributed by atoms with Crippen LogP contribution in [-0.2, 0) is 18.3 Å². The molecule has 0 saturated carbocycles. The number of piperidine rings is 1. The number of benzene rings is 1. The van der Waals surface area contributed by atoms with Gasteiger partial charge in [0.05, 0.1) is 23.7 Å². The van der Waals surface area contributed by atoms with Crippen molar-refractivity contribution in [2.45, 2.75) is 19.3 Å². The number of aryl methyl sites for hydroxylation is 1. The van der Waals surface area contributed by atoms with Gasteiger partial charge in [0.25, 0.3) is 5.91 Å². The molecule has 148 valence electrons. The summed E-state index contributed by atoms with van der Waals surface area (Å²) in [7, 11) is 1.77. The van der Waals surface area contributed by atoms with E-state index in [1.54, 1.807) is 36.3 Å². The lowest BCUT2D eigenvalue weighted by atomic mass is 9.96. The summed E-state index contributed by atoms with van der Waals surface area (Å²) in [4.78, 5) is 37.3. The summed E-state index contributed by atoms with van der Waals surface area (Å²) in [6, 6.07) is 6.40. The molecule has 1 saturated heterocycles. The molecule has 0 unspecified atom stereocenters. The number of rotatable bonds is 6. The van der Waals surface area contributed by atoms with Crippen LogP contribution in [0.2, 0.25) is 0 Å². The third kappa shape index (κ3) is 4.97. The maximum Gasteiger partial charge on any atom is 0.335 e. The first-order valence-electron chi connectivity index (χ1n) is 9.29. The van der Waals surface area contributed by atoms with E-state index in [4.69, 9.17) is 5.11 Å². The number of hydrogen-bond acceptors (Lipinski definition) is 4. The first-order chi connectivity index (χ1) is 13.4. The van der Waals surface area contributed by atoms with Gasteiger partial charge < -0.3 is 15.3 Å². The highest BCUT2D eigenvalue weighted by atomic mass is 16.4. The SMILES string of the molecule is Cn1cc(C(=O)NCC2CCN(C(=O)Cc3ccc(C(=O)O)cc3)CC2)cn1. The molecule has 0 bridgehead atoms. The van der Waals surface area contributed by atoms with E-state index >= 15 is 0 Å². The molecule has 1 fully saturated rings. The van der Waals surface area contributed by atoms with Gasteiger partial charge in [0, 0.05) is 32.9 Å². The molecule has 28 heavy (non-hydrogen) atoms. The van der Waals surface area contributed by atoms with Crippen LogP contribution >= 0.6 is 0 Å². The van der Waals surface area contributed by atoms with E-state index in [2.05, 4.69) is 10.4 Å². The Labute approximate surface area is 163 Å². The minimum atomic E-state index is -0.976. The van der Waals surface area contributed by atoms with Gasteiger partial charge in [-0.05, 0) is 36.5 Å². The molecule has 0 atom stereocenters. The number of aromatic nitrogens is 2. The Bertz CT molecular complexity index is 851. The van der Waals surface area contributed by atoms with Crippen molar-refractivity contribution in [2.75, 3.05) is 19.6 Å². The molecule has 2 amide bonds. The predicted molar refractivity (Wildman–Crippen MR) is 102 cm³/mol. The van der Waals surface area contributed by atoms with E-state index in [9.17, 15) is 14.4 Å². The number of likely N-dealkylation sites (tertiary alicyclic amines) is 1. The Morgan fingerprint density at radius 3 is 2.39 bits per heavy atom. The van der Waals surface area contributed by atoms with Gasteiger partial charge in [-0.1, -0.05) is 12.1 Å². The minimum absolute atomic E-state index is 0.0425. The molecule has 2 heterocycles. The quantitative estimate of drug-likeness (QED) is 0.782. The lowest BCUT2D eigenvalue weighted by Crippen LogP contribution is -2.42. The molecule has 2 aromatic rings. The van der Waals surface area contributed by atoms with Crippen LogP contribution in [0.4, 0.5) is 0 Å². The van der Waals surface area contributed by atoms with Crippen LogP contribution in [0.1, 0.15) is 39.1 Å². The molecule has 8 nitrogen and oxygen atoms in total. The summed E-state index contributed by atoms with van der Waals surface area (Å²) in [5.74, 6) is -0.715. The molecule has 3 rings (SSSR count). The fourth-order valence-electron chi connectivity index (χ4n) is 3.32. The van der Waals surface area contributed by atoms with Crippen molar-refractivity contribution in [2.24, 2.45) is 13.0 Å². The number of nitrogens with one attached hydrogen (secondary N) is 1. The second-order valence-corrected chi connectivity index (χ2v) is 7.12. The highest BCUT2D eigenvalue weighted by Crippen LogP contribution is 2.18. The lowest BCUT2D eigenvalue weighted by molar-refractivity contribution is -0.131. The molecular formula is C20H24N4O4. The number of carboxylic acids is 1. The average Bonchev–Trinajstić information content (AvgIpc) is 3.13. The zero-order valence-corrected chi connectivity index (χ0v) is 15.8.